The first-order valence-corrected chi connectivity index (χ1v) is 8.73. The summed E-state index contributed by atoms with van der Waals surface area (Å²) < 4.78 is 11.2. The Morgan fingerprint density at radius 3 is 2.64 bits per heavy atom. The van der Waals surface area contributed by atoms with Crippen LogP contribution in [-0.2, 0) is 11.2 Å². The largest absolute Gasteiger partial charge is 0.490 e. The molecule has 132 valence electrons. The number of fused-ring (bicyclic) bond motifs is 1. The van der Waals surface area contributed by atoms with Gasteiger partial charge < -0.3 is 19.7 Å². The molecule has 25 heavy (non-hydrogen) atoms. The molecule has 0 fully saturated rings. The quantitative estimate of drug-likeness (QED) is 0.838. The minimum atomic E-state index is -0.0386. The van der Waals surface area contributed by atoms with Crippen LogP contribution in [0.5, 0.6) is 11.5 Å². The highest BCUT2D eigenvalue weighted by Gasteiger charge is 2.20. The molecule has 1 N–H and O–H groups in total. The molecule has 0 unspecified atom stereocenters. The summed E-state index contributed by atoms with van der Waals surface area (Å²) in [4.78, 5) is 14.5. The maximum Gasteiger partial charge on any atom is 0.243 e. The van der Waals surface area contributed by atoms with Crippen molar-refractivity contribution in [2.24, 2.45) is 0 Å². The molecule has 1 aliphatic heterocycles. The average Bonchev–Trinajstić information content (AvgIpc) is 3.01. The van der Waals surface area contributed by atoms with Gasteiger partial charge in [0.25, 0.3) is 0 Å². The summed E-state index contributed by atoms with van der Waals surface area (Å²) >= 11 is 0. The van der Waals surface area contributed by atoms with Gasteiger partial charge in [-0.3, -0.25) is 4.79 Å². The fraction of sp³-hybridized carbons (Fsp3) is 0.350. The van der Waals surface area contributed by atoms with Gasteiger partial charge in [0.1, 0.15) is 0 Å². The molecule has 0 spiro atoms. The van der Waals surface area contributed by atoms with E-state index in [9.17, 15) is 4.79 Å². The second kappa shape index (κ2) is 7.92. The van der Waals surface area contributed by atoms with Crippen LogP contribution in [0.1, 0.15) is 19.4 Å². The average molecular weight is 340 g/mol. The van der Waals surface area contributed by atoms with Gasteiger partial charge in [0.15, 0.2) is 11.5 Å². The lowest BCUT2D eigenvalue weighted by molar-refractivity contribution is -0.115. The van der Waals surface area contributed by atoms with Crippen LogP contribution in [-0.4, -0.2) is 32.2 Å². The van der Waals surface area contributed by atoms with Gasteiger partial charge in [-0.2, -0.15) is 0 Å². The summed E-state index contributed by atoms with van der Waals surface area (Å²) in [6, 6.07) is 13.7. The highest BCUT2D eigenvalue weighted by atomic mass is 16.5. The van der Waals surface area contributed by atoms with Crippen LogP contribution in [0.2, 0.25) is 0 Å². The van der Waals surface area contributed by atoms with E-state index >= 15 is 0 Å². The molecule has 1 amide bonds. The number of benzene rings is 2. The molecule has 2 aromatic rings. The fourth-order valence-corrected chi connectivity index (χ4v) is 3.07. The summed E-state index contributed by atoms with van der Waals surface area (Å²) in [6.07, 6.45) is 0.987. The standard InChI is InChI=1S/C20H24N2O3/c1-3-24-18-10-9-16(13-19(18)25-4-2)21-20(23)14-22-12-11-15-7-5-6-8-17(15)22/h5-10,13H,3-4,11-12,14H2,1-2H3,(H,21,23). The Hall–Kier alpha value is -2.69. The first-order chi connectivity index (χ1) is 12.2. The van der Waals surface area contributed by atoms with Gasteiger partial charge in [-0.25, -0.2) is 0 Å². The lowest BCUT2D eigenvalue weighted by Crippen LogP contribution is -2.31. The lowest BCUT2D eigenvalue weighted by atomic mass is 10.2. The molecule has 1 aliphatic rings. The molecule has 0 atom stereocenters. The summed E-state index contributed by atoms with van der Waals surface area (Å²) in [7, 11) is 0. The van der Waals surface area contributed by atoms with Crippen molar-refractivity contribution < 1.29 is 14.3 Å². The molecule has 0 saturated carbocycles. The minimum Gasteiger partial charge on any atom is -0.490 e. The van der Waals surface area contributed by atoms with Crippen molar-refractivity contribution in [2.45, 2.75) is 20.3 Å². The zero-order valence-electron chi connectivity index (χ0n) is 14.7. The van der Waals surface area contributed by atoms with Gasteiger partial charge in [-0.15, -0.1) is 0 Å². The number of para-hydroxylation sites is 1. The van der Waals surface area contributed by atoms with Crippen molar-refractivity contribution in [2.75, 3.05) is 36.5 Å². The first-order valence-electron chi connectivity index (χ1n) is 8.73. The van der Waals surface area contributed by atoms with Gasteiger partial charge in [-0.1, -0.05) is 18.2 Å². The number of carbonyl (C=O) groups excluding carboxylic acids is 1. The van der Waals surface area contributed by atoms with Gasteiger partial charge in [0, 0.05) is 24.0 Å². The number of rotatable bonds is 7. The van der Waals surface area contributed by atoms with E-state index in [-0.39, 0.29) is 5.91 Å². The highest BCUT2D eigenvalue weighted by molar-refractivity contribution is 5.94. The number of carbonyl (C=O) groups is 1. The van der Waals surface area contributed by atoms with E-state index in [1.165, 1.54) is 5.56 Å². The topological polar surface area (TPSA) is 50.8 Å². The maximum atomic E-state index is 12.4. The van der Waals surface area contributed by atoms with E-state index < -0.39 is 0 Å². The number of amides is 1. The number of hydrogen-bond donors (Lipinski definition) is 1. The number of hydrogen-bond acceptors (Lipinski definition) is 4. The number of nitrogens with one attached hydrogen (secondary N) is 1. The molecule has 0 aliphatic carbocycles. The Kier molecular flexibility index (Phi) is 5.43. The zero-order valence-corrected chi connectivity index (χ0v) is 14.7. The minimum absolute atomic E-state index is 0.0386. The van der Waals surface area contributed by atoms with E-state index in [2.05, 4.69) is 22.3 Å². The third-order valence-corrected chi connectivity index (χ3v) is 4.14. The molecule has 5 heteroatoms. The molecular formula is C20H24N2O3. The predicted octanol–water partition coefficient (Wildman–Crippen LogP) is 3.49. The number of ether oxygens (including phenoxy) is 2. The second-order valence-corrected chi connectivity index (χ2v) is 5.88. The molecule has 5 nitrogen and oxygen atoms in total. The SMILES string of the molecule is CCOc1ccc(NC(=O)CN2CCc3ccccc32)cc1OCC. The van der Waals surface area contributed by atoms with E-state index in [4.69, 9.17) is 9.47 Å². The third-order valence-electron chi connectivity index (χ3n) is 4.14. The Balaban J connectivity index is 1.66. The van der Waals surface area contributed by atoms with Crippen LogP contribution >= 0.6 is 0 Å². The highest BCUT2D eigenvalue weighted by Crippen LogP contribution is 2.31. The monoisotopic (exact) mass is 340 g/mol. The first kappa shape index (κ1) is 17.1. The molecule has 2 aromatic carbocycles. The predicted molar refractivity (Wildman–Crippen MR) is 99.8 cm³/mol. The second-order valence-electron chi connectivity index (χ2n) is 5.88. The molecule has 0 aromatic heterocycles. The van der Waals surface area contributed by atoms with Gasteiger partial charge in [0.05, 0.1) is 19.8 Å². The molecule has 3 rings (SSSR count). The van der Waals surface area contributed by atoms with Crippen molar-refractivity contribution in [1.82, 2.24) is 0 Å². The van der Waals surface area contributed by atoms with E-state index in [0.29, 0.717) is 36.9 Å². The smallest absolute Gasteiger partial charge is 0.243 e. The van der Waals surface area contributed by atoms with Crippen molar-refractivity contribution in [3.63, 3.8) is 0 Å². The normalized spacial score (nSPS) is 12.6. The molecular weight excluding hydrogens is 316 g/mol. The molecule has 0 saturated heterocycles. The Morgan fingerprint density at radius 2 is 1.84 bits per heavy atom. The fourth-order valence-electron chi connectivity index (χ4n) is 3.07. The van der Waals surface area contributed by atoms with Crippen LogP contribution in [0.3, 0.4) is 0 Å². The summed E-state index contributed by atoms with van der Waals surface area (Å²) in [5, 5.41) is 2.95. The summed E-state index contributed by atoms with van der Waals surface area (Å²) in [6.45, 7) is 6.18. The number of anilines is 2. The Labute approximate surface area is 148 Å². The van der Waals surface area contributed by atoms with Crippen LogP contribution in [0.25, 0.3) is 0 Å². The van der Waals surface area contributed by atoms with E-state index in [1.807, 2.05) is 44.2 Å². The van der Waals surface area contributed by atoms with Crippen molar-refractivity contribution in [3.8, 4) is 11.5 Å². The number of nitrogens with zero attached hydrogens (tertiary/aromatic N) is 1. The van der Waals surface area contributed by atoms with Crippen LogP contribution < -0.4 is 19.7 Å². The summed E-state index contributed by atoms with van der Waals surface area (Å²) in [5.41, 5.74) is 3.17. The third kappa shape index (κ3) is 4.05. The Bertz CT molecular complexity index is 745. The molecule has 0 bridgehead atoms. The van der Waals surface area contributed by atoms with Crippen LogP contribution in [0.15, 0.2) is 42.5 Å². The van der Waals surface area contributed by atoms with Gasteiger partial charge in [-0.05, 0) is 44.0 Å². The zero-order chi connectivity index (χ0) is 17.6. The maximum absolute atomic E-state index is 12.4. The van der Waals surface area contributed by atoms with E-state index in [0.717, 1.165) is 18.7 Å². The van der Waals surface area contributed by atoms with Crippen molar-refractivity contribution in [1.29, 1.82) is 0 Å². The van der Waals surface area contributed by atoms with Crippen LogP contribution in [0, 0.1) is 0 Å². The molecule has 1 heterocycles. The van der Waals surface area contributed by atoms with Gasteiger partial charge >= 0.3 is 0 Å². The lowest BCUT2D eigenvalue weighted by Gasteiger charge is -2.19. The van der Waals surface area contributed by atoms with Crippen LogP contribution in [0.4, 0.5) is 11.4 Å². The van der Waals surface area contributed by atoms with Gasteiger partial charge in [0.2, 0.25) is 5.91 Å². The van der Waals surface area contributed by atoms with Crippen molar-refractivity contribution >= 4 is 17.3 Å². The Morgan fingerprint density at radius 1 is 1.08 bits per heavy atom. The summed E-state index contributed by atoms with van der Waals surface area (Å²) in [5.74, 6) is 1.30. The van der Waals surface area contributed by atoms with Crippen molar-refractivity contribution in [3.05, 3.63) is 48.0 Å². The van der Waals surface area contributed by atoms with E-state index in [1.54, 1.807) is 0 Å². The molecule has 0 radical (unpaired) electrons.